The SMILES string of the molecule is O=C(O)[C@H]1CCCN(C(=O)c2cc(Cl)ccc2[N+](=O)[O-])C1. The van der Waals surface area contributed by atoms with E-state index >= 15 is 0 Å². The van der Waals surface area contributed by atoms with Gasteiger partial charge in [-0.1, -0.05) is 11.6 Å². The standard InChI is InChI=1S/C13H13ClN2O5/c14-9-3-4-11(16(20)21)10(6-9)12(17)15-5-1-2-8(7-15)13(18)19/h3-4,6,8H,1-2,5,7H2,(H,18,19)/t8-/m0/s1. The molecule has 0 spiro atoms. The van der Waals surface area contributed by atoms with Crippen LogP contribution in [0.1, 0.15) is 23.2 Å². The number of rotatable bonds is 3. The Morgan fingerprint density at radius 1 is 1.43 bits per heavy atom. The Balaban J connectivity index is 2.29. The van der Waals surface area contributed by atoms with E-state index in [0.29, 0.717) is 19.4 Å². The highest BCUT2D eigenvalue weighted by molar-refractivity contribution is 6.31. The summed E-state index contributed by atoms with van der Waals surface area (Å²) in [6.07, 6.45) is 1.05. The van der Waals surface area contributed by atoms with E-state index in [4.69, 9.17) is 16.7 Å². The first-order chi connectivity index (χ1) is 9.90. The Labute approximate surface area is 125 Å². The van der Waals surface area contributed by atoms with Crippen molar-refractivity contribution in [3.63, 3.8) is 0 Å². The van der Waals surface area contributed by atoms with Crippen molar-refractivity contribution >= 4 is 29.2 Å². The number of halogens is 1. The normalized spacial score (nSPS) is 18.3. The van der Waals surface area contributed by atoms with E-state index in [0.717, 1.165) is 0 Å². The van der Waals surface area contributed by atoms with E-state index in [2.05, 4.69) is 0 Å². The predicted molar refractivity (Wildman–Crippen MR) is 74.4 cm³/mol. The third-order valence-electron chi connectivity index (χ3n) is 3.44. The van der Waals surface area contributed by atoms with Gasteiger partial charge in [-0.05, 0) is 25.0 Å². The number of amides is 1. The number of nitro groups is 1. The summed E-state index contributed by atoms with van der Waals surface area (Å²) >= 11 is 5.80. The van der Waals surface area contributed by atoms with Gasteiger partial charge in [0.2, 0.25) is 0 Å². The maximum atomic E-state index is 12.4. The number of hydrogen-bond acceptors (Lipinski definition) is 4. The first-order valence-electron chi connectivity index (χ1n) is 6.36. The second-order valence-corrected chi connectivity index (χ2v) is 5.28. The number of benzene rings is 1. The lowest BCUT2D eigenvalue weighted by Gasteiger charge is -2.30. The summed E-state index contributed by atoms with van der Waals surface area (Å²) in [5.41, 5.74) is -0.444. The molecule has 21 heavy (non-hydrogen) atoms. The Morgan fingerprint density at radius 3 is 2.76 bits per heavy atom. The molecule has 0 aliphatic carbocycles. The second kappa shape index (κ2) is 6.09. The van der Waals surface area contributed by atoms with Crippen LogP contribution in [0.3, 0.4) is 0 Å². The zero-order valence-corrected chi connectivity index (χ0v) is 11.7. The highest BCUT2D eigenvalue weighted by Gasteiger charge is 2.31. The quantitative estimate of drug-likeness (QED) is 0.681. The van der Waals surface area contributed by atoms with Gasteiger partial charge in [0.05, 0.1) is 10.8 Å². The number of hydrogen-bond donors (Lipinski definition) is 1. The summed E-state index contributed by atoms with van der Waals surface area (Å²) in [7, 11) is 0. The Morgan fingerprint density at radius 2 is 2.14 bits per heavy atom. The number of likely N-dealkylation sites (tertiary alicyclic amines) is 1. The van der Waals surface area contributed by atoms with Gasteiger partial charge >= 0.3 is 5.97 Å². The number of nitrogens with zero attached hydrogens (tertiary/aromatic N) is 2. The van der Waals surface area contributed by atoms with Crippen LogP contribution < -0.4 is 0 Å². The molecule has 8 heteroatoms. The van der Waals surface area contributed by atoms with Gasteiger partial charge in [-0.3, -0.25) is 19.7 Å². The monoisotopic (exact) mass is 312 g/mol. The molecular weight excluding hydrogens is 300 g/mol. The molecule has 0 bridgehead atoms. The summed E-state index contributed by atoms with van der Waals surface area (Å²) in [4.78, 5) is 35.1. The van der Waals surface area contributed by atoms with Gasteiger partial charge in [-0.2, -0.15) is 0 Å². The van der Waals surface area contributed by atoms with Gasteiger partial charge in [-0.15, -0.1) is 0 Å². The van der Waals surface area contributed by atoms with E-state index in [9.17, 15) is 19.7 Å². The van der Waals surface area contributed by atoms with Gasteiger partial charge in [0.1, 0.15) is 5.56 Å². The number of carboxylic acids is 1. The average molecular weight is 313 g/mol. The third-order valence-corrected chi connectivity index (χ3v) is 3.68. The minimum absolute atomic E-state index is 0.0534. The first-order valence-corrected chi connectivity index (χ1v) is 6.74. The Kier molecular flexibility index (Phi) is 4.42. The van der Waals surface area contributed by atoms with Gasteiger partial charge < -0.3 is 10.0 Å². The molecule has 2 rings (SSSR count). The second-order valence-electron chi connectivity index (χ2n) is 4.85. The van der Waals surface area contributed by atoms with Crippen molar-refractivity contribution in [2.45, 2.75) is 12.8 Å². The van der Waals surface area contributed by atoms with Crippen molar-refractivity contribution in [3.8, 4) is 0 Å². The summed E-state index contributed by atoms with van der Waals surface area (Å²) in [6, 6.07) is 3.76. The van der Waals surface area contributed by atoms with Crippen LogP contribution in [0.2, 0.25) is 5.02 Å². The molecule has 1 amide bonds. The van der Waals surface area contributed by atoms with E-state index in [-0.39, 0.29) is 22.8 Å². The number of piperidine rings is 1. The van der Waals surface area contributed by atoms with Crippen molar-refractivity contribution < 1.29 is 19.6 Å². The van der Waals surface area contributed by atoms with Crippen molar-refractivity contribution in [2.24, 2.45) is 5.92 Å². The smallest absolute Gasteiger partial charge is 0.308 e. The highest BCUT2D eigenvalue weighted by Crippen LogP contribution is 2.26. The lowest BCUT2D eigenvalue weighted by Crippen LogP contribution is -2.42. The number of carbonyl (C=O) groups is 2. The van der Waals surface area contributed by atoms with E-state index in [1.54, 1.807) is 0 Å². The van der Waals surface area contributed by atoms with Crippen LogP contribution in [0.5, 0.6) is 0 Å². The van der Waals surface area contributed by atoms with Crippen LogP contribution in [0.4, 0.5) is 5.69 Å². The molecule has 0 radical (unpaired) electrons. The molecule has 0 unspecified atom stereocenters. The molecule has 1 saturated heterocycles. The number of nitro benzene ring substituents is 1. The minimum Gasteiger partial charge on any atom is -0.481 e. The molecular formula is C13H13ClN2O5. The largest absolute Gasteiger partial charge is 0.481 e. The maximum absolute atomic E-state index is 12.4. The van der Waals surface area contributed by atoms with Gasteiger partial charge in [0.25, 0.3) is 11.6 Å². The molecule has 1 aromatic rings. The summed E-state index contributed by atoms with van der Waals surface area (Å²) in [6.45, 7) is 0.435. The minimum atomic E-state index is -0.965. The molecule has 1 heterocycles. The van der Waals surface area contributed by atoms with Crippen LogP contribution in [0, 0.1) is 16.0 Å². The lowest BCUT2D eigenvalue weighted by molar-refractivity contribution is -0.385. The maximum Gasteiger partial charge on any atom is 0.308 e. The van der Waals surface area contributed by atoms with Crippen molar-refractivity contribution in [1.29, 1.82) is 0 Å². The molecule has 1 fully saturated rings. The summed E-state index contributed by atoms with van der Waals surface area (Å²) in [5.74, 6) is -2.16. The van der Waals surface area contributed by atoms with E-state index in [1.165, 1.54) is 23.1 Å². The van der Waals surface area contributed by atoms with Crippen LogP contribution in [0.15, 0.2) is 18.2 Å². The first kappa shape index (κ1) is 15.2. The Hall–Kier alpha value is -2.15. The number of aliphatic carboxylic acids is 1. The zero-order chi connectivity index (χ0) is 15.6. The van der Waals surface area contributed by atoms with Crippen LogP contribution in [-0.2, 0) is 4.79 Å². The van der Waals surface area contributed by atoms with Gasteiger partial charge in [0, 0.05) is 24.2 Å². The van der Waals surface area contributed by atoms with Crippen LogP contribution in [-0.4, -0.2) is 39.9 Å². The molecule has 112 valence electrons. The predicted octanol–water partition coefficient (Wildman–Crippen LogP) is 2.19. The molecule has 1 aromatic carbocycles. The van der Waals surface area contributed by atoms with Crippen molar-refractivity contribution in [1.82, 2.24) is 4.90 Å². The van der Waals surface area contributed by atoms with E-state index < -0.39 is 22.7 Å². The Bertz CT molecular complexity index is 604. The molecule has 1 N–H and O–H groups in total. The third kappa shape index (κ3) is 3.30. The molecule has 1 aliphatic rings. The summed E-state index contributed by atoms with van der Waals surface area (Å²) < 4.78 is 0. The lowest BCUT2D eigenvalue weighted by atomic mass is 9.97. The van der Waals surface area contributed by atoms with Gasteiger partial charge in [0.15, 0.2) is 0 Å². The number of carbonyl (C=O) groups excluding carboxylic acids is 1. The fourth-order valence-electron chi connectivity index (χ4n) is 2.37. The fraction of sp³-hybridized carbons (Fsp3) is 0.385. The van der Waals surface area contributed by atoms with E-state index in [1.807, 2.05) is 0 Å². The molecule has 1 aliphatic heterocycles. The molecule has 7 nitrogen and oxygen atoms in total. The molecule has 0 saturated carbocycles. The molecule has 1 atom stereocenters. The highest BCUT2D eigenvalue weighted by atomic mass is 35.5. The molecule has 0 aromatic heterocycles. The van der Waals surface area contributed by atoms with Gasteiger partial charge in [-0.25, -0.2) is 0 Å². The van der Waals surface area contributed by atoms with Crippen molar-refractivity contribution in [2.75, 3.05) is 13.1 Å². The number of carboxylic acid groups (broad SMARTS) is 1. The zero-order valence-electron chi connectivity index (χ0n) is 11.0. The fourth-order valence-corrected chi connectivity index (χ4v) is 2.54. The topological polar surface area (TPSA) is 101 Å². The summed E-state index contributed by atoms with van der Waals surface area (Å²) in [5, 5.41) is 20.2. The van der Waals surface area contributed by atoms with Crippen LogP contribution >= 0.6 is 11.6 Å². The van der Waals surface area contributed by atoms with Crippen molar-refractivity contribution in [3.05, 3.63) is 38.9 Å². The average Bonchev–Trinajstić information content (AvgIpc) is 2.46. The van der Waals surface area contributed by atoms with Crippen LogP contribution in [0.25, 0.3) is 0 Å².